The zero-order valence-electron chi connectivity index (χ0n) is 8.67. The Morgan fingerprint density at radius 1 is 1.38 bits per heavy atom. The van der Waals surface area contributed by atoms with Crippen LogP contribution in [0.4, 0.5) is 0 Å². The maximum atomic E-state index is 5.52. The van der Waals surface area contributed by atoms with Gasteiger partial charge >= 0.3 is 0 Å². The minimum absolute atomic E-state index is 0.725. The van der Waals surface area contributed by atoms with Crippen LogP contribution in [0.5, 0.6) is 0 Å². The molecule has 3 nitrogen and oxygen atoms in total. The van der Waals surface area contributed by atoms with Gasteiger partial charge in [-0.15, -0.1) is 0 Å². The fourth-order valence-corrected chi connectivity index (χ4v) is 1.80. The maximum Gasteiger partial charge on any atom is 0.0593 e. The van der Waals surface area contributed by atoms with Gasteiger partial charge in [-0.1, -0.05) is 6.92 Å². The fourth-order valence-electron chi connectivity index (χ4n) is 1.80. The number of ether oxygens (including phenoxy) is 1. The highest BCUT2D eigenvalue weighted by Crippen LogP contribution is 2.06. The van der Waals surface area contributed by atoms with Crippen molar-refractivity contribution in [2.24, 2.45) is 11.7 Å². The van der Waals surface area contributed by atoms with Crippen LogP contribution in [-0.4, -0.2) is 44.3 Å². The molecule has 3 heteroatoms. The number of hydrogen-bond acceptors (Lipinski definition) is 3. The van der Waals surface area contributed by atoms with Gasteiger partial charge in [0.15, 0.2) is 0 Å². The van der Waals surface area contributed by atoms with E-state index in [-0.39, 0.29) is 0 Å². The monoisotopic (exact) mass is 186 g/mol. The van der Waals surface area contributed by atoms with Crippen molar-refractivity contribution in [3.63, 3.8) is 0 Å². The van der Waals surface area contributed by atoms with Crippen LogP contribution in [0, 0.1) is 5.92 Å². The molecule has 1 heterocycles. The van der Waals surface area contributed by atoms with Crippen LogP contribution in [0.15, 0.2) is 0 Å². The highest BCUT2D eigenvalue weighted by Gasteiger charge is 2.11. The van der Waals surface area contributed by atoms with Crippen molar-refractivity contribution in [2.45, 2.75) is 19.8 Å². The molecule has 0 bridgehead atoms. The molecule has 13 heavy (non-hydrogen) atoms. The standard InChI is InChI=1S/C10H22N2O/c1-10(3-4-11)9-12-5-2-7-13-8-6-12/h10H,2-9,11H2,1H3. The summed E-state index contributed by atoms with van der Waals surface area (Å²) >= 11 is 0. The van der Waals surface area contributed by atoms with Gasteiger partial charge in [-0.2, -0.15) is 0 Å². The summed E-state index contributed by atoms with van der Waals surface area (Å²) < 4.78 is 5.40. The highest BCUT2D eigenvalue weighted by atomic mass is 16.5. The summed E-state index contributed by atoms with van der Waals surface area (Å²) in [6.45, 7) is 8.38. The fraction of sp³-hybridized carbons (Fsp3) is 1.00. The van der Waals surface area contributed by atoms with E-state index < -0.39 is 0 Å². The third kappa shape index (κ3) is 4.60. The zero-order valence-corrected chi connectivity index (χ0v) is 8.67. The molecule has 0 aliphatic carbocycles. The van der Waals surface area contributed by atoms with E-state index in [1.54, 1.807) is 0 Å². The Labute approximate surface area is 81.2 Å². The number of nitrogens with two attached hydrogens (primary N) is 1. The number of nitrogens with zero attached hydrogens (tertiary/aromatic N) is 1. The molecule has 0 radical (unpaired) electrons. The first kappa shape index (κ1) is 11.0. The second-order valence-corrected chi connectivity index (χ2v) is 3.95. The van der Waals surface area contributed by atoms with E-state index in [0.717, 1.165) is 38.6 Å². The average molecular weight is 186 g/mol. The van der Waals surface area contributed by atoms with Crippen LogP contribution in [0.1, 0.15) is 19.8 Å². The van der Waals surface area contributed by atoms with Crippen molar-refractivity contribution in [1.82, 2.24) is 4.90 Å². The molecule has 0 aromatic carbocycles. The first-order valence-electron chi connectivity index (χ1n) is 5.33. The summed E-state index contributed by atoms with van der Waals surface area (Å²) in [6.07, 6.45) is 2.31. The molecule has 78 valence electrons. The third-order valence-electron chi connectivity index (χ3n) is 2.54. The molecule has 0 spiro atoms. The molecule has 1 aliphatic heterocycles. The van der Waals surface area contributed by atoms with Crippen LogP contribution in [0.3, 0.4) is 0 Å². The van der Waals surface area contributed by atoms with Gasteiger partial charge in [0.1, 0.15) is 0 Å². The summed E-state index contributed by atoms with van der Waals surface area (Å²) in [6, 6.07) is 0. The van der Waals surface area contributed by atoms with E-state index >= 15 is 0 Å². The van der Waals surface area contributed by atoms with E-state index in [1.165, 1.54) is 19.5 Å². The molecule has 0 amide bonds. The summed E-state index contributed by atoms with van der Waals surface area (Å²) in [5, 5.41) is 0. The summed E-state index contributed by atoms with van der Waals surface area (Å²) in [7, 11) is 0. The molecule has 0 saturated carbocycles. The van der Waals surface area contributed by atoms with Gasteiger partial charge in [-0.25, -0.2) is 0 Å². The van der Waals surface area contributed by atoms with Crippen molar-refractivity contribution in [2.75, 3.05) is 39.4 Å². The van der Waals surface area contributed by atoms with Gasteiger partial charge in [-0.05, 0) is 25.3 Å². The van der Waals surface area contributed by atoms with Gasteiger partial charge in [0.2, 0.25) is 0 Å². The molecule has 0 aromatic rings. The number of hydrogen-bond donors (Lipinski definition) is 1. The van der Waals surface area contributed by atoms with Crippen molar-refractivity contribution >= 4 is 0 Å². The first-order chi connectivity index (χ1) is 6.33. The van der Waals surface area contributed by atoms with Gasteiger partial charge < -0.3 is 15.4 Å². The van der Waals surface area contributed by atoms with Crippen LogP contribution in [0.2, 0.25) is 0 Å². The lowest BCUT2D eigenvalue weighted by atomic mass is 10.1. The van der Waals surface area contributed by atoms with Crippen molar-refractivity contribution < 1.29 is 4.74 Å². The van der Waals surface area contributed by atoms with E-state index in [1.807, 2.05) is 0 Å². The van der Waals surface area contributed by atoms with Crippen molar-refractivity contribution in [3.8, 4) is 0 Å². The van der Waals surface area contributed by atoms with Gasteiger partial charge in [0, 0.05) is 26.2 Å². The minimum Gasteiger partial charge on any atom is -0.380 e. The average Bonchev–Trinajstić information content (AvgIpc) is 2.33. The summed E-state index contributed by atoms with van der Waals surface area (Å²) in [4.78, 5) is 2.49. The first-order valence-corrected chi connectivity index (χ1v) is 5.33. The van der Waals surface area contributed by atoms with Crippen LogP contribution in [-0.2, 0) is 4.74 Å². The third-order valence-corrected chi connectivity index (χ3v) is 2.54. The van der Waals surface area contributed by atoms with Crippen molar-refractivity contribution in [1.29, 1.82) is 0 Å². The molecular weight excluding hydrogens is 164 g/mol. The lowest BCUT2D eigenvalue weighted by Crippen LogP contribution is -2.31. The Hall–Kier alpha value is -0.120. The maximum absolute atomic E-state index is 5.52. The topological polar surface area (TPSA) is 38.5 Å². The minimum atomic E-state index is 0.725. The molecule has 1 rings (SSSR count). The predicted molar refractivity (Wildman–Crippen MR) is 54.7 cm³/mol. The Balaban J connectivity index is 2.17. The molecule has 1 fully saturated rings. The van der Waals surface area contributed by atoms with E-state index in [0.29, 0.717) is 0 Å². The molecular formula is C10H22N2O. The Kier molecular flexibility index (Phi) is 5.35. The largest absolute Gasteiger partial charge is 0.380 e. The summed E-state index contributed by atoms with van der Waals surface area (Å²) in [5.41, 5.74) is 5.52. The summed E-state index contributed by atoms with van der Waals surface area (Å²) in [5.74, 6) is 0.725. The Morgan fingerprint density at radius 2 is 2.23 bits per heavy atom. The van der Waals surface area contributed by atoms with Gasteiger partial charge in [0.25, 0.3) is 0 Å². The molecule has 2 N–H and O–H groups in total. The Morgan fingerprint density at radius 3 is 3.00 bits per heavy atom. The Bertz CT molecular complexity index is 122. The van der Waals surface area contributed by atoms with Crippen molar-refractivity contribution in [3.05, 3.63) is 0 Å². The smallest absolute Gasteiger partial charge is 0.0593 e. The second kappa shape index (κ2) is 6.35. The number of rotatable bonds is 4. The van der Waals surface area contributed by atoms with Crippen LogP contribution < -0.4 is 5.73 Å². The SMILES string of the molecule is CC(CCN)CN1CCCOCC1. The normalized spacial score (nSPS) is 22.6. The van der Waals surface area contributed by atoms with Gasteiger partial charge in [0.05, 0.1) is 6.61 Å². The molecule has 1 aliphatic rings. The van der Waals surface area contributed by atoms with Crippen LogP contribution >= 0.6 is 0 Å². The second-order valence-electron chi connectivity index (χ2n) is 3.95. The highest BCUT2D eigenvalue weighted by molar-refractivity contribution is 4.65. The van der Waals surface area contributed by atoms with Crippen LogP contribution in [0.25, 0.3) is 0 Å². The predicted octanol–water partition coefficient (Wildman–Crippen LogP) is 0.694. The molecule has 1 atom stereocenters. The zero-order chi connectivity index (χ0) is 9.52. The molecule has 0 aromatic heterocycles. The van der Waals surface area contributed by atoms with E-state index in [2.05, 4.69) is 11.8 Å². The lowest BCUT2D eigenvalue weighted by Gasteiger charge is -2.22. The van der Waals surface area contributed by atoms with E-state index in [9.17, 15) is 0 Å². The molecule has 1 unspecified atom stereocenters. The van der Waals surface area contributed by atoms with Gasteiger partial charge in [-0.3, -0.25) is 0 Å². The quantitative estimate of drug-likeness (QED) is 0.702. The lowest BCUT2D eigenvalue weighted by molar-refractivity contribution is 0.138. The van der Waals surface area contributed by atoms with E-state index in [4.69, 9.17) is 10.5 Å². The molecule has 1 saturated heterocycles.